The summed E-state index contributed by atoms with van der Waals surface area (Å²) in [6, 6.07) is 13.9. The molecule has 0 aromatic heterocycles. The van der Waals surface area contributed by atoms with E-state index in [-0.39, 0.29) is 6.04 Å². The standard InChI is InChI=1S/C18H19Cl3N2/c19-14-4-2-13(3-5-14)18(23-10-1-8-22-9-11-23)16-7-6-15(20)12-17(16)21/h2-7,12,18,22H,1,8-11H2. The summed E-state index contributed by atoms with van der Waals surface area (Å²) < 4.78 is 0. The van der Waals surface area contributed by atoms with Crippen molar-refractivity contribution in [1.82, 2.24) is 10.2 Å². The Balaban J connectivity index is 2.03. The van der Waals surface area contributed by atoms with Crippen molar-refractivity contribution in [3.05, 3.63) is 68.7 Å². The third kappa shape index (κ3) is 4.20. The normalized spacial score (nSPS) is 17.7. The quantitative estimate of drug-likeness (QED) is 0.816. The van der Waals surface area contributed by atoms with Gasteiger partial charge in [0.05, 0.1) is 6.04 Å². The van der Waals surface area contributed by atoms with E-state index in [1.54, 1.807) is 0 Å². The molecule has 0 spiro atoms. The monoisotopic (exact) mass is 368 g/mol. The van der Waals surface area contributed by atoms with Crippen molar-refractivity contribution in [2.75, 3.05) is 26.2 Å². The summed E-state index contributed by atoms with van der Waals surface area (Å²) >= 11 is 18.6. The first kappa shape index (κ1) is 17.1. The molecule has 1 unspecified atom stereocenters. The van der Waals surface area contributed by atoms with E-state index in [1.807, 2.05) is 30.3 Å². The Labute approximate surface area is 152 Å². The van der Waals surface area contributed by atoms with Crippen molar-refractivity contribution in [3.63, 3.8) is 0 Å². The van der Waals surface area contributed by atoms with Gasteiger partial charge in [0.25, 0.3) is 0 Å². The Bertz CT molecular complexity index is 650. The zero-order valence-corrected chi connectivity index (χ0v) is 15.0. The van der Waals surface area contributed by atoms with Crippen molar-refractivity contribution in [3.8, 4) is 0 Å². The average Bonchev–Trinajstić information content (AvgIpc) is 2.81. The molecule has 0 amide bonds. The molecule has 23 heavy (non-hydrogen) atoms. The first-order valence-corrected chi connectivity index (χ1v) is 8.94. The van der Waals surface area contributed by atoms with E-state index in [1.165, 1.54) is 5.56 Å². The van der Waals surface area contributed by atoms with Gasteiger partial charge in [0.15, 0.2) is 0 Å². The van der Waals surface area contributed by atoms with Crippen LogP contribution in [-0.2, 0) is 0 Å². The number of nitrogens with zero attached hydrogens (tertiary/aromatic N) is 1. The van der Waals surface area contributed by atoms with Crippen molar-refractivity contribution in [2.24, 2.45) is 0 Å². The topological polar surface area (TPSA) is 15.3 Å². The summed E-state index contributed by atoms with van der Waals surface area (Å²) in [6.45, 7) is 4.04. The maximum Gasteiger partial charge on any atom is 0.0617 e. The van der Waals surface area contributed by atoms with E-state index in [4.69, 9.17) is 34.8 Å². The summed E-state index contributed by atoms with van der Waals surface area (Å²) in [6.07, 6.45) is 1.12. The molecule has 1 heterocycles. The molecule has 1 fully saturated rings. The van der Waals surface area contributed by atoms with E-state index < -0.39 is 0 Å². The highest BCUT2D eigenvalue weighted by molar-refractivity contribution is 6.35. The molecule has 0 saturated carbocycles. The van der Waals surface area contributed by atoms with Gasteiger partial charge in [0, 0.05) is 34.7 Å². The molecule has 1 aliphatic rings. The predicted octanol–water partition coefficient (Wildman–Crippen LogP) is 5.03. The number of hydrogen-bond donors (Lipinski definition) is 1. The Morgan fingerprint density at radius 1 is 0.870 bits per heavy atom. The van der Waals surface area contributed by atoms with Gasteiger partial charge >= 0.3 is 0 Å². The van der Waals surface area contributed by atoms with Gasteiger partial charge in [-0.3, -0.25) is 4.90 Å². The Morgan fingerprint density at radius 2 is 1.61 bits per heavy atom. The smallest absolute Gasteiger partial charge is 0.0617 e. The van der Waals surface area contributed by atoms with Gasteiger partial charge in [0.1, 0.15) is 0 Å². The van der Waals surface area contributed by atoms with Crippen LogP contribution in [0.2, 0.25) is 15.1 Å². The van der Waals surface area contributed by atoms with Crippen LogP contribution < -0.4 is 5.32 Å². The Kier molecular flexibility index (Phi) is 5.84. The zero-order valence-electron chi connectivity index (χ0n) is 12.7. The summed E-state index contributed by atoms with van der Waals surface area (Å²) in [7, 11) is 0. The SMILES string of the molecule is Clc1ccc(C(c2ccc(Cl)cc2Cl)N2CCCNCC2)cc1. The van der Waals surface area contributed by atoms with Crippen LogP contribution >= 0.6 is 34.8 Å². The zero-order chi connectivity index (χ0) is 16.2. The Morgan fingerprint density at radius 3 is 2.35 bits per heavy atom. The van der Waals surface area contributed by atoms with Crippen molar-refractivity contribution >= 4 is 34.8 Å². The molecular weight excluding hydrogens is 351 g/mol. The van der Waals surface area contributed by atoms with E-state index in [0.29, 0.717) is 10.0 Å². The molecule has 1 saturated heterocycles. The van der Waals surface area contributed by atoms with Gasteiger partial charge in [-0.05, 0) is 48.4 Å². The minimum Gasteiger partial charge on any atom is -0.315 e. The molecule has 122 valence electrons. The van der Waals surface area contributed by atoms with Gasteiger partial charge < -0.3 is 5.32 Å². The lowest BCUT2D eigenvalue weighted by atomic mass is 9.96. The second-order valence-electron chi connectivity index (χ2n) is 5.76. The molecule has 2 aromatic carbocycles. The highest BCUT2D eigenvalue weighted by Crippen LogP contribution is 2.35. The van der Waals surface area contributed by atoms with Gasteiger partial charge in [-0.1, -0.05) is 53.0 Å². The molecule has 1 N–H and O–H groups in total. The van der Waals surface area contributed by atoms with Crippen LogP contribution in [-0.4, -0.2) is 31.1 Å². The van der Waals surface area contributed by atoms with Crippen LogP contribution in [0, 0.1) is 0 Å². The third-order valence-electron chi connectivity index (χ3n) is 4.18. The van der Waals surface area contributed by atoms with Crippen LogP contribution in [0.15, 0.2) is 42.5 Å². The molecule has 3 rings (SSSR count). The first-order chi connectivity index (χ1) is 11.1. The average molecular weight is 370 g/mol. The fraction of sp³-hybridized carbons (Fsp3) is 0.333. The van der Waals surface area contributed by atoms with Crippen molar-refractivity contribution < 1.29 is 0 Å². The lowest BCUT2D eigenvalue weighted by Gasteiger charge is -2.32. The van der Waals surface area contributed by atoms with E-state index in [0.717, 1.165) is 43.2 Å². The van der Waals surface area contributed by atoms with Crippen LogP contribution in [0.4, 0.5) is 0 Å². The Hall–Kier alpha value is -0.770. The molecule has 0 aliphatic carbocycles. The summed E-state index contributed by atoms with van der Waals surface area (Å²) in [5.74, 6) is 0. The van der Waals surface area contributed by atoms with Crippen molar-refractivity contribution in [1.29, 1.82) is 0 Å². The fourth-order valence-corrected chi connectivity index (χ4v) is 3.72. The molecule has 2 nitrogen and oxygen atoms in total. The molecular formula is C18H19Cl3N2. The first-order valence-electron chi connectivity index (χ1n) is 7.80. The number of benzene rings is 2. The largest absolute Gasteiger partial charge is 0.315 e. The van der Waals surface area contributed by atoms with Crippen LogP contribution in [0.3, 0.4) is 0 Å². The number of halogens is 3. The molecule has 1 atom stereocenters. The van der Waals surface area contributed by atoms with Gasteiger partial charge in [-0.15, -0.1) is 0 Å². The second kappa shape index (κ2) is 7.87. The fourth-order valence-electron chi connectivity index (χ4n) is 3.08. The molecule has 0 bridgehead atoms. The van der Waals surface area contributed by atoms with Gasteiger partial charge in [-0.2, -0.15) is 0 Å². The lowest BCUT2D eigenvalue weighted by Crippen LogP contribution is -2.33. The summed E-state index contributed by atoms with van der Waals surface area (Å²) in [5.41, 5.74) is 2.28. The van der Waals surface area contributed by atoms with Gasteiger partial charge in [-0.25, -0.2) is 0 Å². The van der Waals surface area contributed by atoms with Gasteiger partial charge in [0.2, 0.25) is 0 Å². The minimum atomic E-state index is 0.108. The summed E-state index contributed by atoms with van der Waals surface area (Å²) in [5, 5.41) is 5.56. The number of hydrogen-bond acceptors (Lipinski definition) is 2. The number of rotatable bonds is 3. The molecule has 1 aliphatic heterocycles. The van der Waals surface area contributed by atoms with Crippen LogP contribution in [0.25, 0.3) is 0 Å². The maximum atomic E-state index is 6.51. The van der Waals surface area contributed by atoms with Crippen molar-refractivity contribution in [2.45, 2.75) is 12.5 Å². The highest BCUT2D eigenvalue weighted by atomic mass is 35.5. The molecule has 5 heteroatoms. The predicted molar refractivity (Wildman–Crippen MR) is 98.8 cm³/mol. The highest BCUT2D eigenvalue weighted by Gasteiger charge is 2.25. The van der Waals surface area contributed by atoms with Crippen LogP contribution in [0.1, 0.15) is 23.6 Å². The van der Waals surface area contributed by atoms with E-state index >= 15 is 0 Å². The minimum absolute atomic E-state index is 0.108. The van der Waals surface area contributed by atoms with E-state index in [2.05, 4.69) is 22.3 Å². The van der Waals surface area contributed by atoms with E-state index in [9.17, 15) is 0 Å². The number of nitrogens with one attached hydrogen (secondary N) is 1. The molecule has 0 radical (unpaired) electrons. The lowest BCUT2D eigenvalue weighted by molar-refractivity contribution is 0.241. The maximum absolute atomic E-state index is 6.51. The second-order valence-corrected chi connectivity index (χ2v) is 7.04. The third-order valence-corrected chi connectivity index (χ3v) is 5.00. The molecule has 2 aromatic rings. The summed E-state index contributed by atoms with van der Waals surface area (Å²) in [4.78, 5) is 2.47. The van der Waals surface area contributed by atoms with Crippen LogP contribution in [0.5, 0.6) is 0 Å².